The van der Waals surface area contributed by atoms with E-state index in [1.807, 2.05) is 59.5 Å². The van der Waals surface area contributed by atoms with Gasteiger partial charge in [0.1, 0.15) is 12.4 Å². The quantitative estimate of drug-likeness (QED) is 0.356. The van der Waals surface area contributed by atoms with E-state index >= 15 is 0 Å². The molecule has 0 unspecified atom stereocenters. The molecule has 0 aromatic heterocycles. The number of benzene rings is 2. The number of ether oxygens (including phenoxy) is 1. The fraction of sp³-hybridized carbons (Fsp3) is 0.280. The zero-order valence-electron chi connectivity index (χ0n) is 17.1. The summed E-state index contributed by atoms with van der Waals surface area (Å²) in [6, 6.07) is 15.8. The van der Waals surface area contributed by atoms with Crippen molar-refractivity contribution in [3.8, 4) is 18.1 Å². The predicted molar refractivity (Wildman–Crippen MR) is 131 cm³/mol. The molecule has 2 aromatic rings. The predicted octanol–water partition coefficient (Wildman–Crippen LogP) is 6.40. The SMILES string of the molecule is C#CCOc1ccc(/C=C2\SC(=Nc3ccccc3)N(C3CCCCC3)C2=O)cc1Br. The third kappa shape index (κ3) is 5.23. The van der Waals surface area contributed by atoms with Gasteiger partial charge in [0.2, 0.25) is 0 Å². The fourth-order valence-corrected chi connectivity index (χ4v) is 5.40. The highest BCUT2D eigenvalue weighted by Crippen LogP contribution is 2.39. The molecule has 31 heavy (non-hydrogen) atoms. The second kappa shape index (κ2) is 10.2. The average molecular weight is 495 g/mol. The Morgan fingerprint density at radius 1 is 1.19 bits per heavy atom. The number of halogens is 1. The van der Waals surface area contributed by atoms with Crippen LogP contribution < -0.4 is 4.74 Å². The van der Waals surface area contributed by atoms with Crippen molar-refractivity contribution in [1.82, 2.24) is 4.90 Å². The molecule has 1 saturated carbocycles. The van der Waals surface area contributed by atoms with E-state index in [-0.39, 0.29) is 18.6 Å². The molecule has 1 aliphatic carbocycles. The molecule has 0 radical (unpaired) electrons. The first-order valence-electron chi connectivity index (χ1n) is 10.4. The minimum Gasteiger partial charge on any atom is -0.480 e. The first-order chi connectivity index (χ1) is 15.2. The van der Waals surface area contributed by atoms with Crippen molar-refractivity contribution in [2.24, 2.45) is 4.99 Å². The molecule has 6 heteroatoms. The van der Waals surface area contributed by atoms with Crippen molar-refractivity contribution in [3.05, 3.63) is 63.5 Å². The molecule has 0 spiro atoms. The summed E-state index contributed by atoms with van der Waals surface area (Å²) in [5.41, 5.74) is 1.78. The zero-order valence-corrected chi connectivity index (χ0v) is 19.5. The van der Waals surface area contributed by atoms with Crippen molar-refractivity contribution in [2.45, 2.75) is 38.1 Å². The van der Waals surface area contributed by atoms with Crippen molar-refractivity contribution in [1.29, 1.82) is 0 Å². The number of carbonyl (C=O) groups is 1. The monoisotopic (exact) mass is 494 g/mol. The van der Waals surface area contributed by atoms with Crippen LogP contribution in [0.1, 0.15) is 37.7 Å². The number of amidine groups is 1. The van der Waals surface area contributed by atoms with Crippen LogP contribution in [0, 0.1) is 12.3 Å². The van der Waals surface area contributed by atoms with E-state index in [9.17, 15) is 4.79 Å². The molecule has 0 N–H and O–H groups in total. The minimum absolute atomic E-state index is 0.0374. The number of hydrogen-bond acceptors (Lipinski definition) is 4. The Morgan fingerprint density at radius 3 is 2.68 bits per heavy atom. The van der Waals surface area contributed by atoms with Crippen LogP contribution in [-0.4, -0.2) is 28.6 Å². The van der Waals surface area contributed by atoms with E-state index in [1.54, 1.807) is 0 Å². The summed E-state index contributed by atoms with van der Waals surface area (Å²) in [6.45, 7) is 0.211. The average Bonchev–Trinajstić information content (AvgIpc) is 3.09. The Hall–Kier alpha value is -2.49. The third-order valence-electron chi connectivity index (χ3n) is 5.32. The van der Waals surface area contributed by atoms with E-state index < -0.39 is 0 Å². The van der Waals surface area contributed by atoms with Crippen LogP contribution in [0.2, 0.25) is 0 Å². The van der Waals surface area contributed by atoms with Gasteiger partial charge in [0, 0.05) is 6.04 Å². The number of rotatable bonds is 5. The molecule has 2 aromatic carbocycles. The second-order valence-corrected chi connectivity index (χ2v) is 9.35. The second-order valence-electron chi connectivity index (χ2n) is 7.49. The third-order valence-corrected chi connectivity index (χ3v) is 6.93. The number of aliphatic imine (C=N–C) groups is 1. The largest absolute Gasteiger partial charge is 0.480 e. The Labute approximate surface area is 195 Å². The summed E-state index contributed by atoms with van der Waals surface area (Å²) in [5.74, 6) is 3.18. The molecular formula is C25H23BrN2O2S. The van der Waals surface area contributed by atoms with E-state index in [2.05, 4.69) is 21.9 Å². The lowest BCUT2D eigenvalue weighted by atomic mass is 9.94. The highest BCUT2D eigenvalue weighted by molar-refractivity contribution is 9.10. The molecule has 158 valence electrons. The lowest BCUT2D eigenvalue weighted by Gasteiger charge is -2.30. The van der Waals surface area contributed by atoms with Crippen molar-refractivity contribution < 1.29 is 9.53 Å². The summed E-state index contributed by atoms with van der Waals surface area (Å²) >= 11 is 4.97. The highest BCUT2D eigenvalue weighted by Gasteiger charge is 2.38. The molecule has 4 rings (SSSR count). The van der Waals surface area contributed by atoms with E-state index in [1.165, 1.54) is 18.2 Å². The van der Waals surface area contributed by atoms with Crippen LogP contribution in [0.25, 0.3) is 6.08 Å². The van der Waals surface area contributed by atoms with Crippen molar-refractivity contribution >= 4 is 50.5 Å². The molecule has 1 aliphatic heterocycles. The van der Waals surface area contributed by atoms with Crippen LogP contribution in [0.15, 0.2) is 62.9 Å². The smallest absolute Gasteiger partial charge is 0.267 e. The number of thioether (sulfide) groups is 1. The summed E-state index contributed by atoms with van der Waals surface area (Å²) in [5, 5.41) is 0.766. The fourth-order valence-electron chi connectivity index (χ4n) is 3.83. The lowest BCUT2D eigenvalue weighted by molar-refractivity contribution is -0.124. The molecule has 4 nitrogen and oxygen atoms in total. The van der Waals surface area contributed by atoms with Crippen LogP contribution >= 0.6 is 27.7 Å². The van der Waals surface area contributed by atoms with Crippen molar-refractivity contribution in [3.63, 3.8) is 0 Å². The van der Waals surface area contributed by atoms with Gasteiger partial charge in [-0.1, -0.05) is 49.4 Å². The Bertz CT molecular complexity index is 1050. The van der Waals surface area contributed by atoms with Crippen LogP contribution in [-0.2, 0) is 4.79 Å². The maximum absolute atomic E-state index is 13.4. The number of hydrogen-bond donors (Lipinski definition) is 0. The van der Waals surface area contributed by atoms with Crippen LogP contribution in [0.3, 0.4) is 0 Å². The maximum Gasteiger partial charge on any atom is 0.267 e. The van der Waals surface area contributed by atoms with Gasteiger partial charge in [0.05, 0.1) is 15.1 Å². The summed E-state index contributed by atoms with van der Waals surface area (Å²) in [7, 11) is 0. The van der Waals surface area contributed by atoms with Gasteiger partial charge in [-0.3, -0.25) is 9.69 Å². The van der Waals surface area contributed by atoms with Crippen LogP contribution in [0.4, 0.5) is 5.69 Å². The minimum atomic E-state index is 0.0374. The van der Waals surface area contributed by atoms with E-state index in [0.29, 0.717) is 10.7 Å². The first kappa shape index (κ1) is 21.7. The molecule has 1 amide bonds. The van der Waals surface area contributed by atoms with Gasteiger partial charge < -0.3 is 4.74 Å². The normalized spacial score (nSPS) is 19.7. The van der Waals surface area contributed by atoms with E-state index in [0.717, 1.165) is 46.6 Å². The van der Waals surface area contributed by atoms with Gasteiger partial charge in [-0.05, 0) is 76.4 Å². The Kier molecular flexibility index (Phi) is 7.16. The number of carbonyl (C=O) groups excluding carboxylic acids is 1. The Morgan fingerprint density at radius 2 is 1.97 bits per heavy atom. The molecule has 1 heterocycles. The van der Waals surface area contributed by atoms with Gasteiger partial charge in [0.15, 0.2) is 5.17 Å². The molecule has 0 bridgehead atoms. The van der Waals surface area contributed by atoms with Crippen molar-refractivity contribution in [2.75, 3.05) is 6.61 Å². The van der Waals surface area contributed by atoms with Gasteiger partial charge in [0.25, 0.3) is 5.91 Å². The van der Waals surface area contributed by atoms with Gasteiger partial charge in [-0.15, -0.1) is 6.42 Å². The molecule has 2 fully saturated rings. The number of terminal acetylenes is 1. The van der Waals surface area contributed by atoms with Gasteiger partial charge in [-0.2, -0.15) is 0 Å². The molecular weight excluding hydrogens is 472 g/mol. The Balaban J connectivity index is 1.64. The summed E-state index contributed by atoms with van der Waals surface area (Å²) in [4.78, 5) is 20.8. The number of para-hydroxylation sites is 1. The van der Waals surface area contributed by atoms with Gasteiger partial charge >= 0.3 is 0 Å². The topological polar surface area (TPSA) is 41.9 Å². The highest BCUT2D eigenvalue weighted by atomic mass is 79.9. The zero-order chi connectivity index (χ0) is 21.6. The van der Waals surface area contributed by atoms with Gasteiger partial charge in [-0.25, -0.2) is 4.99 Å². The van der Waals surface area contributed by atoms with Crippen LogP contribution in [0.5, 0.6) is 5.75 Å². The molecule has 2 aliphatic rings. The summed E-state index contributed by atoms with van der Waals surface area (Å²) in [6.07, 6.45) is 12.8. The molecule has 0 atom stereocenters. The maximum atomic E-state index is 13.4. The van der Waals surface area contributed by atoms with E-state index in [4.69, 9.17) is 16.2 Å². The lowest BCUT2D eigenvalue weighted by Crippen LogP contribution is -2.40. The number of nitrogens with zero attached hydrogens (tertiary/aromatic N) is 2. The summed E-state index contributed by atoms with van der Waals surface area (Å²) < 4.78 is 6.31. The molecule has 1 saturated heterocycles. The first-order valence-corrected chi connectivity index (χ1v) is 12.0. The number of amides is 1. The standard InChI is InChI=1S/C25H23BrN2O2S/c1-2-15-30-22-14-13-18(16-21(22)26)17-23-24(29)28(20-11-7-4-8-12-20)25(31-23)27-19-9-5-3-6-10-19/h1,3,5-6,9-10,13-14,16-17,20H,4,7-8,11-12,15H2/b23-17-,27-25?.